The lowest BCUT2D eigenvalue weighted by molar-refractivity contribution is -0.145. The second-order valence-corrected chi connectivity index (χ2v) is 6.53. The van der Waals surface area contributed by atoms with Gasteiger partial charge in [0, 0.05) is 19.6 Å². The molecule has 114 valence electrons. The summed E-state index contributed by atoms with van der Waals surface area (Å²) < 4.78 is 0. The van der Waals surface area contributed by atoms with E-state index in [1.165, 1.54) is 24.8 Å². The standard InChI is InChI=1S/C18H26N2O/c1-2-20(13-15-8-4-3-5-9-15)17(21)18-11-7-6-10-16(18)12-19-14-18/h3-5,8-9,16,19H,2,6-7,10-14H2,1H3/t16-,18+/m0/s1. The number of nitrogens with zero attached hydrogens (tertiary/aromatic N) is 1. The molecule has 0 unspecified atom stereocenters. The summed E-state index contributed by atoms with van der Waals surface area (Å²) in [6.45, 7) is 5.53. The van der Waals surface area contributed by atoms with Crippen LogP contribution in [0.15, 0.2) is 30.3 Å². The molecule has 3 rings (SSSR count). The molecule has 3 heteroatoms. The fourth-order valence-corrected chi connectivity index (χ4v) is 4.11. The van der Waals surface area contributed by atoms with E-state index >= 15 is 0 Å². The van der Waals surface area contributed by atoms with Gasteiger partial charge in [0.2, 0.25) is 5.91 Å². The van der Waals surface area contributed by atoms with Crippen LogP contribution < -0.4 is 5.32 Å². The molecule has 0 spiro atoms. The van der Waals surface area contributed by atoms with Gasteiger partial charge in [0.1, 0.15) is 0 Å². The van der Waals surface area contributed by atoms with E-state index in [9.17, 15) is 4.79 Å². The fraction of sp³-hybridized carbons (Fsp3) is 0.611. The Kier molecular flexibility index (Phi) is 4.29. The summed E-state index contributed by atoms with van der Waals surface area (Å²) in [5, 5.41) is 3.48. The SMILES string of the molecule is CCN(Cc1ccccc1)C(=O)[C@@]12CCCC[C@H]1CNC2. The van der Waals surface area contributed by atoms with Crippen LogP contribution in [0, 0.1) is 11.3 Å². The highest BCUT2D eigenvalue weighted by molar-refractivity contribution is 5.84. The van der Waals surface area contributed by atoms with Gasteiger partial charge >= 0.3 is 0 Å². The van der Waals surface area contributed by atoms with Crippen LogP contribution in [0.4, 0.5) is 0 Å². The molecule has 1 saturated carbocycles. The summed E-state index contributed by atoms with van der Waals surface area (Å²) in [5.41, 5.74) is 1.10. The van der Waals surface area contributed by atoms with Crippen LogP contribution >= 0.6 is 0 Å². The summed E-state index contributed by atoms with van der Waals surface area (Å²) in [4.78, 5) is 15.3. The lowest BCUT2D eigenvalue weighted by atomic mass is 9.67. The third-order valence-electron chi connectivity index (χ3n) is 5.35. The molecular formula is C18H26N2O. The molecule has 2 aliphatic rings. The van der Waals surface area contributed by atoms with E-state index in [0.29, 0.717) is 11.8 Å². The molecular weight excluding hydrogens is 260 g/mol. The number of hydrogen-bond donors (Lipinski definition) is 1. The molecule has 1 aliphatic carbocycles. The summed E-state index contributed by atoms with van der Waals surface area (Å²) in [7, 11) is 0. The van der Waals surface area contributed by atoms with Crippen molar-refractivity contribution in [1.82, 2.24) is 10.2 Å². The second kappa shape index (κ2) is 6.18. The van der Waals surface area contributed by atoms with E-state index in [1.54, 1.807) is 0 Å². The molecule has 21 heavy (non-hydrogen) atoms. The number of fused-ring (bicyclic) bond motifs is 1. The van der Waals surface area contributed by atoms with Crippen molar-refractivity contribution in [2.75, 3.05) is 19.6 Å². The van der Waals surface area contributed by atoms with Crippen molar-refractivity contribution in [2.45, 2.75) is 39.2 Å². The molecule has 1 aliphatic heterocycles. The van der Waals surface area contributed by atoms with Gasteiger partial charge in [-0.2, -0.15) is 0 Å². The lowest BCUT2D eigenvalue weighted by Gasteiger charge is -2.40. The van der Waals surface area contributed by atoms with E-state index in [2.05, 4.69) is 29.3 Å². The molecule has 0 aromatic heterocycles. The van der Waals surface area contributed by atoms with Crippen LogP contribution in [0.5, 0.6) is 0 Å². The zero-order chi connectivity index (χ0) is 14.7. The van der Waals surface area contributed by atoms with Crippen LogP contribution in [0.25, 0.3) is 0 Å². The van der Waals surface area contributed by atoms with Crippen LogP contribution in [0.3, 0.4) is 0 Å². The van der Waals surface area contributed by atoms with E-state index < -0.39 is 0 Å². The molecule has 0 radical (unpaired) electrons. The molecule has 1 N–H and O–H groups in total. The predicted molar refractivity (Wildman–Crippen MR) is 84.8 cm³/mol. The molecule has 1 aromatic rings. The molecule has 2 fully saturated rings. The Hall–Kier alpha value is -1.35. The quantitative estimate of drug-likeness (QED) is 0.923. The minimum atomic E-state index is -0.122. The number of nitrogens with one attached hydrogen (secondary N) is 1. The van der Waals surface area contributed by atoms with Crippen molar-refractivity contribution in [3.63, 3.8) is 0 Å². The highest BCUT2D eigenvalue weighted by Gasteiger charge is 2.51. The molecule has 1 heterocycles. The van der Waals surface area contributed by atoms with Gasteiger partial charge in [-0.05, 0) is 37.8 Å². The lowest BCUT2D eigenvalue weighted by Crippen LogP contribution is -2.49. The van der Waals surface area contributed by atoms with Crippen LogP contribution in [-0.2, 0) is 11.3 Å². The number of carbonyl (C=O) groups is 1. The predicted octanol–water partition coefficient (Wildman–Crippen LogP) is 2.81. The summed E-state index contributed by atoms with van der Waals surface area (Å²) in [5.74, 6) is 0.923. The number of rotatable bonds is 4. The minimum absolute atomic E-state index is 0.122. The van der Waals surface area contributed by atoms with Crippen LogP contribution in [-0.4, -0.2) is 30.4 Å². The van der Waals surface area contributed by atoms with Gasteiger partial charge in [-0.25, -0.2) is 0 Å². The maximum atomic E-state index is 13.2. The summed E-state index contributed by atoms with van der Waals surface area (Å²) >= 11 is 0. The number of benzene rings is 1. The first-order valence-electron chi connectivity index (χ1n) is 8.30. The van der Waals surface area contributed by atoms with Crippen molar-refractivity contribution in [3.05, 3.63) is 35.9 Å². The van der Waals surface area contributed by atoms with Crippen molar-refractivity contribution in [2.24, 2.45) is 11.3 Å². The Morgan fingerprint density at radius 2 is 2.14 bits per heavy atom. The Bertz CT molecular complexity index is 487. The van der Waals surface area contributed by atoms with Crippen molar-refractivity contribution in [3.8, 4) is 0 Å². The van der Waals surface area contributed by atoms with Crippen LogP contribution in [0.1, 0.15) is 38.2 Å². The topological polar surface area (TPSA) is 32.3 Å². The number of carbonyl (C=O) groups excluding carboxylic acids is 1. The third kappa shape index (κ3) is 2.71. The largest absolute Gasteiger partial charge is 0.338 e. The van der Waals surface area contributed by atoms with E-state index in [4.69, 9.17) is 0 Å². The normalized spacial score (nSPS) is 28.1. The Labute approximate surface area is 127 Å². The van der Waals surface area contributed by atoms with Gasteiger partial charge in [-0.1, -0.05) is 43.2 Å². The van der Waals surface area contributed by atoms with Crippen LogP contribution in [0.2, 0.25) is 0 Å². The minimum Gasteiger partial charge on any atom is -0.338 e. The highest BCUT2D eigenvalue weighted by Crippen LogP contribution is 2.45. The zero-order valence-corrected chi connectivity index (χ0v) is 13.0. The van der Waals surface area contributed by atoms with Gasteiger partial charge in [-0.15, -0.1) is 0 Å². The van der Waals surface area contributed by atoms with E-state index in [-0.39, 0.29) is 5.41 Å². The van der Waals surface area contributed by atoms with Crippen molar-refractivity contribution < 1.29 is 4.79 Å². The second-order valence-electron chi connectivity index (χ2n) is 6.53. The highest BCUT2D eigenvalue weighted by atomic mass is 16.2. The summed E-state index contributed by atoms with van der Waals surface area (Å²) in [6.07, 6.45) is 4.76. The average Bonchev–Trinajstić information content (AvgIpc) is 2.98. The molecule has 3 nitrogen and oxygen atoms in total. The number of hydrogen-bond acceptors (Lipinski definition) is 2. The molecule has 2 atom stereocenters. The maximum absolute atomic E-state index is 13.2. The Morgan fingerprint density at radius 3 is 2.90 bits per heavy atom. The van der Waals surface area contributed by atoms with Crippen molar-refractivity contribution >= 4 is 5.91 Å². The van der Waals surface area contributed by atoms with Gasteiger partial charge in [0.25, 0.3) is 0 Å². The van der Waals surface area contributed by atoms with Gasteiger partial charge in [0.05, 0.1) is 5.41 Å². The molecule has 1 saturated heterocycles. The monoisotopic (exact) mass is 286 g/mol. The Morgan fingerprint density at radius 1 is 1.33 bits per heavy atom. The first-order chi connectivity index (χ1) is 10.3. The summed E-state index contributed by atoms with van der Waals surface area (Å²) in [6, 6.07) is 10.3. The first-order valence-corrected chi connectivity index (χ1v) is 8.30. The Balaban J connectivity index is 1.78. The third-order valence-corrected chi connectivity index (χ3v) is 5.35. The van der Waals surface area contributed by atoms with E-state index in [1.807, 2.05) is 18.2 Å². The van der Waals surface area contributed by atoms with Gasteiger partial charge in [-0.3, -0.25) is 4.79 Å². The average molecular weight is 286 g/mol. The van der Waals surface area contributed by atoms with Crippen molar-refractivity contribution in [1.29, 1.82) is 0 Å². The molecule has 0 bridgehead atoms. The van der Waals surface area contributed by atoms with Gasteiger partial charge < -0.3 is 10.2 Å². The first kappa shape index (κ1) is 14.6. The fourth-order valence-electron chi connectivity index (χ4n) is 4.11. The van der Waals surface area contributed by atoms with E-state index in [0.717, 1.165) is 32.6 Å². The smallest absolute Gasteiger partial charge is 0.230 e. The van der Waals surface area contributed by atoms with Gasteiger partial charge in [0.15, 0.2) is 0 Å². The zero-order valence-electron chi connectivity index (χ0n) is 13.0. The maximum Gasteiger partial charge on any atom is 0.230 e. The molecule has 1 aromatic carbocycles. The number of amides is 1. The molecule has 1 amide bonds.